The molecule has 140 valence electrons. The Morgan fingerprint density at radius 1 is 1.25 bits per heavy atom. The van der Waals surface area contributed by atoms with Crippen LogP contribution in [-0.4, -0.2) is 34.2 Å². The maximum Gasteiger partial charge on any atom is 0.255 e. The number of aromatic nitrogens is 3. The van der Waals surface area contributed by atoms with Crippen LogP contribution in [0.3, 0.4) is 0 Å². The molecular weight excluding hydrogens is 352 g/mol. The van der Waals surface area contributed by atoms with Gasteiger partial charge in [-0.1, -0.05) is 18.2 Å². The van der Waals surface area contributed by atoms with E-state index in [2.05, 4.69) is 31.5 Å². The molecule has 2 aromatic heterocycles. The van der Waals surface area contributed by atoms with Gasteiger partial charge in [0.2, 0.25) is 0 Å². The summed E-state index contributed by atoms with van der Waals surface area (Å²) in [6.45, 7) is 1.56. The monoisotopic (exact) mass is 372 g/mol. The minimum Gasteiger partial charge on any atom is -0.355 e. The molecule has 1 aromatic carbocycles. The zero-order valence-electron chi connectivity index (χ0n) is 15.3. The molecule has 0 bridgehead atoms. The van der Waals surface area contributed by atoms with Crippen LogP contribution >= 0.6 is 0 Å². The van der Waals surface area contributed by atoms with Crippen molar-refractivity contribution in [1.29, 1.82) is 5.26 Å². The van der Waals surface area contributed by atoms with Crippen LogP contribution in [0.1, 0.15) is 40.4 Å². The molecule has 1 saturated heterocycles. The Morgan fingerprint density at radius 3 is 2.93 bits per heavy atom. The van der Waals surface area contributed by atoms with Gasteiger partial charge in [0, 0.05) is 30.8 Å². The van der Waals surface area contributed by atoms with E-state index in [1.807, 2.05) is 18.2 Å². The van der Waals surface area contributed by atoms with Crippen LogP contribution in [0.15, 0.2) is 54.9 Å². The quantitative estimate of drug-likeness (QED) is 0.732. The third-order valence-electron chi connectivity index (χ3n) is 4.99. The maximum atomic E-state index is 12.5. The van der Waals surface area contributed by atoms with Crippen molar-refractivity contribution in [3.8, 4) is 6.07 Å². The van der Waals surface area contributed by atoms with Crippen LogP contribution in [0.25, 0.3) is 0 Å². The second-order valence-corrected chi connectivity index (χ2v) is 6.79. The van der Waals surface area contributed by atoms with E-state index in [1.54, 1.807) is 36.7 Å². The number of aromatic amines is 1. The van der Waals surface area contributed by atoms with Crippen molar-refractivity contribution in [1.82, 2.24) is 15.2 Å². The SMILES string of the molecule is N#Cc1cccnc1N1CCC[C@@H](c2[nH]ncc2NC(=O)c2ccccc2)C1. The van der Waals surface area contributed by atoms with Crippen LogP contribution in [0, 0.1) is 11.3 Å². The molecule has 7 nitrogen and oxygen atoms in total. The predicted octanol–water partition coefficient (Wildman–Crippen LogP) is 3.31. The first kappa shape index (κ1) is 17.7. The van der Waals surface area contributed by atoms with Crippen LogP contribution in [-0.2, 0) is 0 Å². The minimum absolute atomic E-state index is 0.160. The van der Waals surface area contributed by atoms with E-state index in [1.165, 1.54) is 0 Å². The van der Waals surface area contributed by atoms with E-state index in [0.29, 0.717) is 29.2 Å². The Balaban J connectivity index is 1.53. The first-order chi connectivity index (χ1) is 13.8. The summed E-state index contributed by atoms with van der Waals surface area (Å²) in [7, 11) is 0. The molecule has 1 atom stereocenters. The zero-order chi connectivity index (χ0) is 19.3. The van der Waals surface area contributed by atoms with Crippen molar-refractivity contribution in [2.24, 2.45) is 0 Å². The normalized spacial score (nSPS) is 16.4. The number of nitrogens with one attached hydrogen (secondary N) is 2. The van der Waals surface area contributed by atoms with Crippen molar-refractivity contribution < 1.29 is 4.79 Å². The number of carbonyl (C=O) groups excluding carboxylic acids is 1. The molecular formula is C21H20N6O. The summed E-state index contributed by atoms with van der Waals surface area (Å²) in [5.74, 6) is 0.715. The van der Waals surface area contributed by atoms with Gasteiger partial charge in [-0.3, -0.25) is 9.89 Å². The lowest BCUT2D eigenvalue weighted by atomic mass is 9.93. The number of amides is 1. The fraction of sp³-hybridized carbons (Fsp3) is 0.238. The molecule has 0 aliphatic carbocycles. The number of carbonyl (C=O) groups is 1. The van der Waals surface area contributed by atoms with Crippen molar-refractivity contribution >= 4 is 17.4 Å². The number of nitriles is 1. The highest BCUT2D eigenvalue weighted by Crippen LogP contribution is 2.33. The van der Waals surface area contributed by atoms with E-state index in [4.69, 9.17) is 0 Å². The van der Waals surface area contributed by atoms with Crippen molar-refractivity contribution in [2.75, 3.05) is 23.3 Å². The van der Waals surface area contributed by atoms with Crippen molar-refractivity contribution in [2.45, 2.75) is 18.8 Å². The predicted molar refractivity (Wildman–Crippen MR) is 106 cm³/mol. The molecule has 1 aliphatic heterocycles. The number of H-pyrrole nitrogens is 1. The van der Waals surface area contributed by atoms with Gasteiger partial charge in [-0.25, -0.2) is 4.98 Å². The van der Waals surface area contributed by atoms with E-state index in [9.17, 15) is 10.1 Å². The van der Waals surface area contributed by atoms with Gasteiger partial charge in [-0.15, -0.1) is 0 Å². The molecule has 0 saturated carbocycles. The number of piperidine rings is 1. The van der Waals surface area contributed by atoms with Crippen molar-refractivity contribution in [3.63, 3.8) is 0 Å². The summed E-state index contributed by atoms with van der Waals surface area (Å²) >= 11 is 0. The molecule has 0 spiro atoms. The molecule has 1 amide bonds. The van der Waals surface area contributed by atoms with E-state index >= 15 is 0 Å². The van der Waals surface area contributed by atoms with Gasteiger partial charge in [-0.05, 0) is 37.1 Å². The van der Waals surface area contributed by atoms with Gasteiger partial charge in [0.15, 0.2) is 0 Å². The molecule has 4 rings (SSSR count). The first-order valence-electron chi connectivity index (χ1n) is 9.26. The van der Waals surface area contributed by atoms with Crippen LogP contribution in [0.4, 0.5) is 11.5 Å². The average molecular weight is 372 g/mol. The number of anilines is 2. The van der Waals surface area contributed by atoms with Gasteiger partial charge >= 0.3 is 0 Å². The summed E-state index contributed by atoms with van der Waals surface area (Å²) in [6.07, 6.45) is 5.30. The number of pyridine rings is 1. The van der Waals surface area contributed by atoms with Crippen LogP contribution in [0.2, 0.25) is 0 Å². The lowest BCUT2D eigenvalue weighted by Crippen LogP contribution is -2.35. The molecule has 3 heterocycles. The number of rotatable bonds is 4. The Kier molecular flexibility index (Phi) is 5.02. The molecule has 2 N–H and O–H groups in total. The van der Waals surface area contributed by atoms with Gasteiger partial charge < -0.3 is 10.2 Å². The van der Waals surface area contributed by atoms with E-state index < -0.39 is 0 Å². The number of nitrogens with zero attached hydrogens (tertiary/aromatic N) is 4. The van der Waals surface area contributed by atoms with E-state index in [-0.39, 0.29) is 11.8 Å². The third kappa shape index (κ3) is 3.58. The van der Waals surface area contributed by atoms with Gasteiger partial charge in [0.05, 0.1) is 23.1 Å². The highest BCUT2D eigenvalue weighted by molar-refractivity contribution is 6.04. The van der Waals surface area contributed by atoms with Crippen molar-refractivity contribution in [3.05, 3.63) is 71.7 Å². The molecule has 1 aliphatic rings. The van der Waals surface area contributed by atoms with Gasteiger partial charge in [0.1, 0.15) is 11.9 Å². The lowest BCUT2D eigenvalue weighted by Gasteiger charge is -2.33. The maximum absolute atomic E-state index is 12.5. The summed E-state index contributed by atoms with van der Waals surface area (Å²) in [4.78, 5) is 19.0. The summed E-state index contributed by atoms with van der Waals surface area (Å²) in [6, 6.07) is 14.9. The second kappa shape index (κ2) is 7.92. The lowest BCUT2D eigenvalue weighted by molar-refractivity contribution is 0.102. The molecule has 0 unspecified atom stereocenters. The number of hydrogen-bond donors (Lipinski definition) is 2. The fourth-order valence-electron chi connectivity index (χ4n) is 3.63. The van der Waals surface area contributed by atoms with Gasteiger partial charge in [-0.2, -0.15) is 10.4 Å². The Hall–Kier alpha value is -3.66. The average Bonchev–Trinajstić information content (AvgIpc) is 3.22. The zero-order valence-corrected chi connectivity index (χ0v) is 15.3. The molecule has 0 radical (unpaired) electrons. The summed E-state index contributed by atoms with van der Waals surface area (Å²) in [5.41, 5.74) is 2.78. The Bertz CT molecular complexity index is 1010. The summed E-state index contributed by atoms with van der Waals surface area (Å²) < 4.78 is 0. The molecule has 1 fully saturated rings. The topological polar surface area (TPSA) is 97.7 Å². The molecule has 7 heteroatoms. The Morgan fingerprint density at radius 2 is 2.11 bits per heavy atom. The molecule has 28 heavy (non-hydrogen) atoms. The largest absolute Gasteiger partial charge is 0.355 e. The Labute approximate surface area is 163 Å². The van der Waals surface area contributed by atoms with E-state index in [0.717, 1.165) is 25.1 Å². The summed E-state index contributed by atoms with van der Waals surface area (Å²) in [5, 5.41) is 19.5. The first-order valence-corrected chi connectivity index (χ1v) is 9.26. The van der Waals surface area contributed by atoms with Gasteiger partial charge in [0.25, 0.3) is 5.91 Å². The third-order valence-corrected chi connectivity index (χ3v) is 4.99. The molecule has 3 aromatic rings. The minimum atomic E-state index is -0.160. The van der Waals surface area contributed by atoms with Crippen LogP contribution in [0.5, 0.6) is 0 Å². The van der Waals surface area contributed by atoms with Crippen LogP contribution < -0.4 is 10.2 Å². The highest BCUT2D eigenvalue weighted by Gasteiger charge is 2.27. The standard InChI is InChI=1S/C21H20N6O/c22-12-16-8-4-10-23-20(16)27-11-5-9-17(14-27)19-18(13-24-26-19)25-21(28)15-6-2-1-3-7-15/h1-4,6-8,10,13,17H,5,9,11,14H2,(H,24,26)(H,25,28)/t17-/m1/s1. The number of benzene rings is 1. The fourth-order valence-corrected chi connectivity index (χ4v) is 3.63. The highest BCUT2D eigenvalue weighted by atomic mass is 16.1. The smallest absolute Gasteiger partial charge is 0.255 e. The second-order valence-electron chi connectivity index (χ2n) is 6.79. The number of hydrogen-bond acceptors (Lipinski definition) is 5.